The zero-order valence-electron chi connectivity index (χ0n) is 8.49. The molecule has 0 spiro atoms. The average molecular weight is 221 g/mol. The van der Waals surface area contributed by atoms with Crippen molar-refractivity contribution in [1.82, 2.24) is 0 Å². The van der Waals surface area contributed by atoms with E-state index in [-0.39, 0.29) is 0 Å². The fourth-order valence-corrected chi connectivity index (χ4v) is 1.52. The summed E-state index contributed by atoms with van der Waals surface area (Å²) >= 11 is 0. The number of aliphatic hydroxyl groups excluding tert-OH is 2. The summed E-state index contributed by atoms with van der Waals surface area (Å²) < 4.78 is 14.7. The second kappa shape index (κ2) is 4.86. The predicted octanol–water partition coefficient (Wildman–Crippen LogP) is -2.42. The van der Waals surface area contributed by atoms with Crippen LogP contribution in [0.25, 0.3) is 0 Å². The van der Waals surface area contributed by atoms with E-state index < -0.39 is 36.6 Å². The van der Waals surface area contributed by atoms with Gasteiger partial charge in [0.25, 0.3) is 0 Å². The maximum Gasteiger partial charge on any atom is 0.249 e. The molecule has 1 aliphatic heterocycles. The Morgan fingerprint density at radius 2 is 1.87 bits per heavy atom. The van der Waals surface area contributed by atoms with E-state index in [1.165, 1.54) is 14.2 Å². The van der Waals surface area contributed by atoms with Crippen molar-refractivity contribution in [2.75, 3.05) is 14.2 Å². The molecule has 88 valence electrons. The zero-order chi connectivity index (χ0) is 11.6. The molecule has 4 N–H and O–H groups in total. The number of hydrogen-bond acceptors (Lipinski definition) is 6. The fourth-order valence-electron chi connectivity index (χ4n) is 1.52. The highest BCUT2D eigenvalue weighted by Crippen LogP contribution is 2.23. The highest BCUT2D eigenvalue weighted by atomic mass is 16.7. The minimum atomic E-state index is -1.29. The smallest absolute Gasteiger partial charge is 0.249 e. The summed E-state index contributed by atoms with van der Waals surface area (Å²) in [5.74, 6) is -0.783. The van der Waals surface area contributed by atoms with Gasteiger partial charge in [-0.2, -0.15) is 0 Å². The van der Waals surface area contributed by atoms with Crippen LogP contribution in [0, 0.1) is 0 Å². The summed E-state index contributed by atoms with van der Waals surface area (Å²) in [6, 6.07) is 0. The zero-order valence-corrected chi connectivity index (χ0v) is 8.49. The molecule has 15 heavy (non-hydrogen) atoms. The van der Waals surface area contributed by atoms with E-state index in [9.17, 15) is 15.0 Å². The van der Waals surface area contributed by atoms with Crippen LogP contribution in [0.1, 0.15) is 0 Å². The van der Waals surface area contributed by atoms with Crippen LogP contribution in [0.2, 0.25) is 0 Å². The van der Waals surface area contributed by atoms with E-state index in [0.717, 1.165) is 0 Å². The van der Waals surface area contributed by atoms with E-state index in [1.54, 1.807) is 0 Å². The number of ether oxygens (including phenoxy) is 3. The minimum Gasteiger partial charge on any atom is -0.387 e. The molecule has 2 unspecified atom stereocenters. The third kappa shape index (κ3) is 2.27. The van der Waals surface area contributed by atoms with Gasteiger partial charge in [-0.1, -0.05) is 0 Å². The lowest BCUT2D eigenvalue weighted by Gasteiger charge is -2.39. The molecule has 0 aromatic heterocycles. The first kappa shape index (κ1) is 12.3. The van der Waals surface area contributed by atoms with Crippen molar-refractivity contribution in [2.24, 2.45) is 5.73 Å². The van der Waals surface area contributed by atoms with Gasteiger partial charge in [0.15, 0.2) is 12.4 Å². The maximum absolute atomic E-state index is 11.0. The van der Waals surface area contributed by atoms with E-state index >= 15 is 0 Å². The van der Waals surface area contributed by atoms with Crippen molar-refractivity contribution in [1.29, 1.82) is 0 Å². The molecule has 1 aliphatic rings. The van der Waals surface area contributed by atoms with E-state index in [0.29, 0.717) is 0 Å². The molecule has 1 rings (SSSR count). The number of nitrogens with two attached hydrogens (primary N) is 1. The topological polar surface area (TPSA) is 111 Å². The minimum absolute atomic E-state index is 0.783. The van der Waals surface area contributed by atoms with Crippen LogP contribution >= 0.6 is 0 Å². The Hall–Kier alpha value is -0.730. The highest BCUT2D eigenvalue weighted by Gasteiger charge is 2.47. The normalized spacial score (nSPS) is 41.5. The first-order valence-corrected chi connectivity index (χ1v) is 4.39. The second-order valence-corrected chi connectivity index (χ2v) is 3.24. The number of methoxy groups -OCH3 is 2. The van der Waals surface area contributed by atoms with Crippen LogP contribution < -0.4 is 5.73 Å². The van der Waals surface area contributed by atoms with Gasteiger partial charge in [0, 0.05) is 14.2 Å². The van der Waals surface area contributed by atoms with Gasteiger partial charge in [0.1, 0.15) is 18.3 Å². The molecule has 1 heterocycles. The molecule has 0 aromatic carbocycles. The van der Waals surface area contributed by atoms with Crippen LogP contribution in [0.15, 0.2) is 0 Å². The molecule has 7 nitrogen and oxygen atoms in total. The molecule has 1 fully saturated rings. The van der Waals surface area contributed by atoms with Gasteiger partial charge >= 0.3 is 0 Å². The van der Waals surface area contributed by atoms with Crippen LogP contribution in [0.4, 0.5) is 0 Å². The SMILES string of the molecule is CO[C@@H]1O[C@@H](C(N)=O)[C@@H](OC)C(O)C1O. The Labute approximate surface area is 86.7 Å². The van der Waals surface area contributed by atoms with Gasteiger partial charge in [-0.15, -0.1) is 0 Å². The van der Waals surface area contributed by atoms with Crippen molar-refractivity contribution >= 4 is 5.91 Å². The number of carbonyl (C=O) groups excluding carboxylic acids is 1. The van der Waals surface area contributed by atoms with Gasteiger partial charge in [0.05, 0.1) is 0 Å². The molecular formula is C8H15NO6. The fraction of sp³-hybridized carbons (Fsp3) is 0.875. The highest BCUT2D eigenvalue weighted by molar-refractivity contribution is 5.79. The quantitative estimate of drug-likeness (QED) is 0.489. The number of aliphatic hydroxyl groups is 2. The first-order chi connectivity index (χ1) is 7.02. The van der Waals surface area contributed by atoms with Gasteiger partial charge in [0.2, 0.25) is 5.91 Å². The molecule has 1 saturated heterocycles. The summed E-state index contributed by atoms with van der Waals surface area (Å²) in [7, 11) is 2.57. The van der Waals surface area contributed by atoms with Crippen molar-refractivity contribution in [2.45, 2.75) is 30.7 Å². The van der Waals surface area contributed by atoms with Gasteiger partial charge in [-0.05, 0) is 0 Å². The van der Waals surface area contributed by atoms with Crippen LogP contribution in [-0.2, 0) is 19.0 Å². The van der Waals surface area contributed by atoms with Gasteiger partial charge < -0.3 is 30.2 Å². The summed E-state index contributed by atoms with van der Waals surface area (Å²) in [6.07, 6.45) is -5.80. The van der Waals surface area contributed by atoms with Crippen molar-refractivity contribution in [3.8, 4) is 0 Å². The third-order valence-electron chi connectivity index (χ3n) is 2.33. The summed E-state index contributed by atoms with van der Waals surface area (Å²) in [6.45, 7) is 0. The summed E-state index contributed by atoms with van der Waals surface area (Å²) in [4.78, 5) is 11.0. The van der Waals surface area contributed by atoms with Gasteiger partial charge in [-0.25, -0.2) is 0 Å². The molecule has 0 radical (unpaired) electrons. The molecule has 7 heteroatoms. The van der Waals surface area contributed by atoms with Gasteiger partial charge in [-0.3, -0.25) is 4.79 Å². The molecule has 0 bridgehead atoms. The lowest BCUT2D eigenvalue weighted by atomic mass is 9.98. The number of primary amides is 1. The largest absolute Gasteiger partial charge is 0.387 e. The van der Waals surface area contributed by atoms with Crippen molar-refractivity contribution < 1.29 is 29.2 Å². The molecule has 0 saturated carbocycles. The van der Waals surface area contributed by atoms with Crippen LogP contribution in [0.5, 0.6) is 0 Å². The molecule has 1 amide bonds. The average Bonchev–Trinajstić information content (AvgIpc) is 2.21. The lowest BCUT2D eigenvalue weighted by molar-refractivity contribution is -0.286. The Bertz CT molecular complexity index is 235. The second-order valence-electron chi connectivity index (χ2n) is 3.24. The number of carbonyl (C=O) groups is 1. The Balaban J connectivity index is 2.84. The van der Waals surface area contributed by atoms with Crippen LogP contribution in [-0.4, -0.2) is 61.0 Å². The lowest BCUT2D eigenvalue weighted by Crippen LogP contribution is -2.61. The van der Waals surface area contributed by atoms with Crippen LogP contribution in [0.3, 0.4) is 0 Å². The summed E-state index contributed by atoms with van der Waals surface area (Å²) in [5.41, 5.74) is 5.07. The third-order valence-corrected chi connectivity index (χ3v) is 2.33. The summed E-state index contributed by atoms with van der Waals surface area (Å²) in [5, 5.41) is 19.1. The van der Waals surface area contributed by atoms with Crippen molar-refractivity contribution in [3.63, 3.8) is 0 Å². The molecule has 0 aliphatic carbocycles. The van der Waals surface area contributed by atoms with E-state index in [1.807, 2.05) is 0 Å². The maximum atomic E-state index is 11.0. The standard InChI is InChI=1S/C8H15NO6/c1-13-5-3(10)4(11)8(14-2)15-6(5)7(9)12/h3-6,8,10-11H,1-2H3,(H2,9,12)/t3?,4?,5-,6+,8+/m0/s1. The van der Waals surface area contributed by atoms with Crippen molar-refractivity contribution in [3.05, 3.63) is 0 Å². The predicted molar refractivity (Wildman–Crippen MR) is 47.7 cm³/mol. The number of rotatable bonds is 3. The monoisotopic (exact) mass is 221 g/mol. The Morgan fingerprint density at radius 1 is 1.27 bits per heavy atom. The first-order valence-electron chi connectivity index (χ1n) is 4.39. The van der Waals surface area contributed by atoms with E-state index in [4.69, 9.17) is 19.9 Å². The Morgan fingerprint density at radius 3 is 2.27 bits per heavy atom. The molecule has 0 aromatic rings. The Kier molecular flexibility index (Phi) is 4.00. The molecular weight excluding hydrogens is 206 g/mol. The van der Waals surface area contributed by atoms with E-state index in [2.05, 4.69) is 0 Å². The number of amides is 1. The molecule has 5 atom stereocenters. The number of hydrogen-bond donors (Lipinski definition) is 3.